The fourth-order valence-electron chi connectivity index (χ4n) is 2.69. The first kappa shape index (κ1) is 21.3. The van der Waals surface area contributed by atoms with E-state index in [1.54, 1.807) is 5.38 Å². The van der Waals surface area contributed by atoms with Crippen LogP contribution in [0.5, 0.6) is 0 Å². The molecule has 0 aliphatic heterocycles. The summed E-state index contributed by atoms with van der Waals surface area (Å²) in [5.41, 5.74) is 7.77. The molecule has 2 aromatic heterocycles. The molecule has 0 aliphatic carbocycles. The van der Waals surface area contributed by atoms with Crippen LogP contribution in [0, 0.1) is 0 Å². The number of anilines is 1. The fraction of sp³-hybridized carbons (Fsp3) is 0.389. The van der Waals surface area contributed by atoms with Crippen LogP contribution in [0.25, 0.3) is 11.0 Å². The minimum atomic E-state index is -0.258. The number of thiazole rings is 1. The van der Waals surface area contributed by atoms with Crippen LogP contribution in [-0.4, -0.2) is 40.2 Å². The number of hydrogen-bond donors (Lipinski definition) is 2. The first-order valence-electron chi connectivity index (χ1n) is 8.71. The zero-order valence-electron chi connectivity index (χ0n) is 15.2. The maximum atomic E-state index is 12.6. The van der Waals surface area contributed by atoms with Crippen molar-refractivity contribution in [3.8, 4) is 0 Å². The van der Waals surface area contributed by atoms with Crippen molar-refractivity contribution in [2.45, 2.75) is 26.3 Å². The molecule has 3 N–H and O–H groups in total. The Balaban J connectivity index is 0.00000261. The Hall–Kier alpha value is -2.00. The van der Waals surface area contributed by atoms with Crippen molar-refractivity contribution in [1.82, 2.24) is 14.5 Å². The van der Waals surface area contributed by atoms with Crippen LogP contribution in [-0.2, 0) is 17.7 Å². The predicted octanol–water partition coefficient (Wildman–Crippen LogP) is 3.09. The van der Waals surface area contributed by atoms with E-state index in [-0.39, 0.29) is 18.3 Å². The molecule has 0 bridgehead atoms. The van der Waals surface area contributed by atoms with Crippen LogP contribution in [0.2, 0.25) is 0 Å². The van der Waals surface area contributed by atoms with Crippen molar-refractivity contribution in [1.29, 1.82) is 0 Å². The maximum absolute atomic E-state index is 12.6. The molecule has 1 aromatic carbocycles. The monoisotopic (exact) mass is 409 g/mol. The molecule has 0 unspecified atom stereocenters. The number of nitrogens with two attached hydrogens (primary N) is 1. The molecule has 0 aliphatic rings. The molecule has 0 radical (unpaired) electrons. The third-order valence-electron chi connectivity index (χ3n) is 3.90. The van der Waals surface area contributed by atoms with Crippen LogP contribution >= 0.6 is 23.7 Å². The summed E-state index contributed by atoms with van der Waals surface area (Å²) >= 11 is 1.45. The normalized spacial score (nSPS) is 10.7. The van der Waals surface area contributed by atoms with Crippen LogP contribution in [0.15, 0.2) is 29.6 Å². The van der Waals surface area contributed by atoms with Crippen LogP contribution in [0.3, 0.4) is 0 Å². The molecular formula is C18H24ClN5O2S. The highest BCUT2D eigenvalue weighted by molar-refractivity contribution is 7.09. The Bertz CT molecular complexity index is 880. The van der Waals surface area contributed by atoms with Gasteiger partial charge in [0.1, 0.15) is 5.69 Å². The van der Waals surface area contributed by atoms with Crippen LogP contribution in [0.1, 0.15) is 28.8 Å². The number of carbonyl (C=O) groups excluding carboxylic acids is 1. The lowest BCUT2D eigenvalue weighted by Gasteiger charge is -2.09. The van der Waals surface area contributed by atoms with E-state index < -0.39 is 0 Å². The van der Waals surface area contributed by atoms with Gasteiger partial charge in [0.2, 0.25) is 5.95 Å². The van der Waals surface area contributed by atoms with Gasteiger partial charge in [-0.05, 0) is 32.0 Å². The molecule has 9 heteroatoms. The zero-order valence-corrected chi connectivity index (χ0v) is 16.8. The van der Waals surface area contributed by atoms with E-state index in [0.29, 0.717) is 44.4 Å². The van der Waals surface area contributed by atoms with Gasteiger partial charge in [-0.25, -0.2) is 9.97 Å². The number of carbonyl (C=O) groups is 1. The van der Waals surface area contributed by atoms with Gasteiger partial charge in [-0.15, -0.1) is 23.7 Å². The van der Waals surface area contributed by atoms with E-state index >= 15 is 0 Å². The standard InChI is InChI=1S/C18H23N5O2S.ClH/c1-2-25-11-5-10-23-15-7-4-3-6-13(15)21-18(23)22-17(24)14-12-26-16(20-14)8-9-19;/h3-4,6-7,12H,2,5,8-11,19H2,1H3,(H,21,22,24);1H. The number of nitrogens with zero attached hydrogens (tertiary/aromatic N) is 3. The quantitative estimate of drug-likeness (QED) is 0.529. The summed E-state index contributed by atoms with van der Waals surface area (Å²) in [5, 5.41) is 5.51. The number of benzene rings is 1. The number of aryl methyl sites for hydroxylation is 1. The lowest BCUT2D eigenvalue weighted by Crippen LogP contribution is -2.17. The first-order chi connectivity index (χ1) is 12.7. The van der Waals surface area contributed by atoms with E-state index in [4.69, 9.17) is 10.5 Å². The number of amides is 1. The predicted molar refractivity (Wildman–Crippen MR) is 111 cm³/mol. The lowest BCUT2D eigenvalue weighted by atomic mass is 10.3. The van der Waals surface area contributed by atoms with Crippen molar-refractivity contribution >= 4 is 46.6 Å². The summed E-state index contributed by atoms with van der Waals surface area (Å²) in [5.74, 6) is 0.270. The lowest BCUT2D eigenvalue weighted by molar-refractivity contribution is 0.102. The second-order valence-electron chi connectivity index (χ2n) is 5.75. The van der Waals surface area contributed by atoms with E-state index in [9.17, 15) is 4.79 Å². The van der Waals surface area contributed by atoms with Crippen molar-refractivity contribution < 1.29 is 9.53 Å². The van der Waals surface area contributed by atoms with Gasteiger partial charge < -0.3 is 15.0 Å². The Labute approximate surface area is 168 Å². The third-order valence-corrected chi connectivity index (χ3v) is 4.81. The summed E-state index contributed by atoms with van der Waals surface area (Å²) in [7, 11) is 0. The number of ether oxygens (including phenoxy) is 1. The van der Waals surface area contributed by atoms with E-state index in [0.717, 1.165) is 22.5 Å². The highest BCUT2D eigenvalue weighted by Crippen LogP contribution is 2.21. The zero-order chi connectivity index (χ0) is 18.4. The minimum absolute atomic E-state index is 0. The molecule has 0 saturated carbocycles. The largest absolute Gasteiger partial charge is 0.382 e. The number of fused-ring (bicyclic) bond motifs is 1. The number of halogens is 1. The van der Waals surface area contributed by atoms with E-state index in [2.05, 4.69) is 15.3 Å². The number of hydrogen-bond acceptors (Lipinski definition) is 6. The second kappa shape index (κ2) is 10.4. The van der Waals surface area contributed by atoms with Crippen molar-refractivity contribution in [3.05, 3.63) is 40.3 Å². The molecule has 0 spiro atoms. The van der Waals surface area contributed by atoms with E-state index in [1.165, 1.54) is 11.3 Å². The molecule has 3 aromatic rings. The van der Waals surface area contributed by atoms with Gasteiger partial charge in [0.15, 0.2) is 0 Å². The van der Waals surface area contributed by atoms with Crippen molar-refractivity contribution in [2.24, 2.45) is 5.73 Å². The highest BCUT2D eigenvalue weighted by Gasteiger charge is 2.16. The molecule has 0 atom stereocenters. The first-order valence-corrected chi connectivity index (χ1v) is 9.59. The molecule has 27 heavy (non-hydrogen) atoms. The number of imidazole rings is 1. The average molecular weight is 410 g/mol. The third kappa shape index (κ3) is 5.26. The van der Waals surface area contributed by atoms with Crippen LogP contribution < -0.4 is 11.1 Å². The van der Waals surface area contributed by atoms with Gasteiger partial charge in [-0.2, -0.15) is 0 Å². The fourth-order valence-corrected chi connectivity index (χ4v) is 3.48. The Kier molecular flexibility index (Phi) is 8.18. The minimum Gasteiger partial charge on any atom is -0.382 e. The second-order valence-corrected chi connectivity index (χ2v) is 6.69. The molecule has 7 nitrogen and oxygen atoms in total. The Morgan fingerprint density at radius 3 is 2.93 bits per heavy atom. The van der Waals surface area contributed by atoms with E-state index in [1.807, 2.05) is 35.8 Å². The summed E-state index contributed by atoms with van der Waals surface area (Å²) in [6.45, 7) is 4.58. The number of nitrogens with one attached hydrogen (secondary N) is 1. The topological polar surface area (TPSA) is 95.1 Å². The summed E-state index contributed by atoms with van der Waals surface area (Å²) in [6.07, 6.45) is 1.52. The summed E-state index contributed by atoms with van der Waals surface area (Å²) < 4.78 is 7.43. The summed E-state index contributed by atoms with van der Waals surface area (Å²) in [6, 6.07) is 7.84. The van der Waals surface area contributed by atoms with Crippen molar-refractivity contribution in [2.75, 3.05) is 25.1 Å². The maximum Gasteiger partial charge on any atom is 0.277 e. The number of aromatic nitrogens is 3. The summed E-state index contributed by atoms with van der Waals surface area (Å²) in [4.78, 5) is 21.5. The SMILES string of the molecule is CCOCCCn1c(NC(=O)c2csc(CCN)n2)nc2ccccc21.Cl. The molecule has 0 saturated heterocycles. The van der Waals surface area contributed by atoms with Gasteiger partial charge in [0.25, 0.3) is 5.91 Å². The molecule has 0 fully saturated rings. The van der Waals surface area contributed by atoms with Gasteiger partial charge in [0.05, 0.1) is 16.0 Å². The Morgan fingerprint density at radius 1 is 1.33 bits per heavy atom. The smallest absolute Gasteiger partial charge is 0.277 e. The van der Waals surface area contributed by atoms with Gasteiger partial charge in [-0.3, -0.25) is 10.1 Å². The molecule has 146 valence electrons. The molecule has 1 amide bonds. The molecular weight excluding hydrogens is 386 g/mol. The molecule has 2 heterocycles. The van der Waals surface area contributed by atoms with Gasteiger partial charge in [0, 0.05) is 31.6 Å². The van der Waals surface area contributed by atoms with Crippen LogP contribution in [0.4, 0.5) is 5.95 Å². The average Bonchev–Trinajstić information content (AvgIpc) is 3.24. The molecule has 3 rings (SSSR count). The Morgan fingerprint density at radius 2 is 2.15 bits per heavy atom. The highest BCUT2D eigenvalue weighted by atomic mass is 35.5. The van der Waals surface area contributed by atoms with Crippen molar-refractivity contribution in [3.63, 3.8) is 0 Å². The van der Waals surface area contributed by atoms with Gasteiger partial charge in [-0.1, -0.05) is 12.1 Å². The number of para-hydroxylation sites is 2. The van der Waals surface area contributed by atoms with Gasteiger partial charge >= 0.3 is 0 Å². The number of rotatable bonds is 9.